The number of aryl methyl sites for hydroxylation is 1. The highest BCUT2D eigenvalue weighted by molar-refractivity contribution is 7.91. The number of fused-ring (bicyclic) bond motifs is 1. The summed E-state index contributed by atoms with van der Waals surface area (Å²) in [5.41, 5.74) is 3.71. The summed E-state index contributed by atoms with van der Waals surface area (Å²) in [7, 11) is -0.832. The smallest absolute Gasteiger partial charge is 0.121 e. The van der Waals surface area contributed by atoms with Crippen LogP contribution in [0, 0.1) is 4.78 Å². The Labute approximate surface area is 141 Å². The Morgan fingerprint density at radius 2 is 2.00 bits per heavy atom. The maximum absolute atomic E-state index is 11.5. The quantitative estimate of drug-likeness (QED) is 0.770. The van der Waals surface area contributed by atoms with Gasteiger partial charge in [-0.15, -0.1) is 0 Å². The van der Waals surface area contributed by atoms with Crippen LogP contribution in [-0.4, -0.2) is 33.3 Å². The van der Waals surface area contributed by atoms with E-state index in [2.05, 4.69) is 9.97 Å². The van der Waals surface area contributed by atoms with E-state index in [0.717, 1.165) is 33.5 Å². The zero-order chi connectivity index (χ0) is 17.2. The minimum absolute atomic E-state index is 0.353. The van der Waals surface area contributed by atoms with Crippen molar-refractivity contribution in [1.82, 2.24) is 9.97 Å². The molecule has 6 heteroatoms. The monoisotopic (exact) mass is 341 g/mol. The summed E-state index contributed by atoms with van der Waals surface area (Å²) >= 11 is 0. The van der Waals surface area contributed by atoms with Gasteiger partial charge in [0, 0.05) is 51.1 Å². The summed E-state index contributed by atoms with van der Waals surface area (Å²) < 4.78 is 24.2. The molecule has 0 amide bonds. The lowest BCUT2D eigenvalue weighted by Gasteiger charge is -2.08. The molecule has 0 aliphatic carbocycles. The summed E-state index contributed by atoms with van der Waals surface area (Å²) in [5, 5.41) is 1.02. The first-order chi connectivity index (χ1) is 11.5. The summed E-state index contributed by atoms with van der Waals surface area (Å²) in [4.78, 5) is 8.92. The lowest BCUT2D eigenvalue weighted by molar-refractivity contribution is 0.415. The van der Waals surface area contributed by atoms with Crippen LogP contribution in [0.25, 0.3) is 22.2 Å². The maximum Gasteiger partial charge on any atom is 0.121 e. The van der Waals surface area contributed by atoms with E-state index in [1.807, 2.05) is 36.4 Å². The van der Waals surface area contributed by atoms with Gasteiger partial charge in [-0.1, -0.05) is 6.07 Å². The van der Waals surface area contributed by atoms with E-state index in [4.69, 9.17) is 9.52 Å². The van der Waals surface area contributed by atoms with Gasteiger partial charge < -0.3 is 4.74 Å². The van der Waals surface area contributed by atoms with Crippen molar-refractivity contribution in [2.45, 2.75) is 6.42 Å². The van der Waals surface area contributed by atoms with Crippen LogP contribution in [0.4, 0.5) is 0 Å². The molecular weight excluding hydrogens is 322 g/mol. The average molecular weight is 341 g/mol. The molecular formula is C18H19N3O2S. The van der Waals surface area contributed by atoms with Crippen LogP contribution >= 0.6 is 0 Å². The number of benzene rings is 1. The Morgan fingerprint density at radius 3 is 2.67 bits per heavy atom. The minimum Gasteiger partial charge on any atom is -0.497 e. The highest BCUT2D eigenvalue weighted by atomic mass is 32.2. The van der Waals surface area contributed by atoms with Crippen molar-refractivity contribution >= 4 is 20.6 Å². The molecule has 1 unspecified atom stereocenters. The SMILES string of the molecule is COc1ccc2c(-c3ccc(CCS(C)(=N)=O)cn3)ccnc2c1. The lowest BCUT2D eigenvalue weighted by atomic mass is 10.0. The van der Waals surface area contributed by atoms with E-state index in [9.17, 15) is 4.21 Å². The Kier molecular flexibility index (Phi) is 4.49. The normalized spacial score (nSPS) is 13.6. The Bertz CT molecular complexity index is 967. The third-order valence-corrected chi connectivity index (χ3v) is 4.81. The second kappa shape index (κ2) is 6.57. The third kappa shape index (κ3) is 3.71. The van der Waals surface area contributed by atoms with E-state index < -0.39 is 9.73 Å². The van der Waals surface area contributed by atoms with Crippen molar-refractivity contribution in [2.75, 3.05) is 19.1 Å². The Balaban J connectivity index is 1.93. The van der Waals surface area contributed by atoms with Crippen molar-refractivity contribution in [2.24, 2.45) is 0 Å². The number of aromatic nitrogens is 2. The van der Waals surface area contributed by atoms with Gasteiger partial charge in [0.1, 0.15) is 5.75 Å². The van der Waals surface area contributed by atoms with Gasteiger partial charge in [0.2, 0.25) is 0 Å². The highest BCUT2D eigenvalue weighted by Crippen LogP contribution is 2.28. The van der Waals surface area contributed by atoms with Gasteiger partial charge in [-0.2, -0.15) is 0 Å². The molecule has 0 aliphatic rings. The van der Waals surface area contributed by atoms with E-state index in [0.29, 0.717) is 12.2 Å². The first-order valence-corrected chi connectivity index (χ1v) is 9.69. The Hall–Kier alpha value is -2.47. The van der Waals surface area contributed by atoms with E-state index in [-0.39, 0.29) is 0 Å². The van der Waals surface area contributed by atoms with Crippen LogP contribution in [0.1, 0.15) is 5.56 Å². The molecule has 3 rings (SSSR count). The summed E-state index contributed by atoms with van der Waals surface area (Å²) in [6.07, 6.45) is 5.61. The number of hydrogen-bond donors (Lipinski definition) is 1. The van der Waals surface area contributed by atoms with Gasteiger partial charge in [-0.25, -0.2) is 0 Å². The molecule has 2 heterocycles. The zero-order valence-corrected chi connectivity index (χ0v) is 14.5. The van der Waals surface area contributed by atoms with Gasteiger partial charge in [0.15, 0.2) is 0 Å². The molecule has 0 spiro atoms. The molecule has 0 saturated carbocycles. The van der Waals surface area contributed by atoms with Crippen molar-refractivity contribution < 1.29 is 8.95 Å². The van der Waals surface area contributed by atoms with Gasteiger partial charge in [0.05, 0.1) is 18.3 Å². The molecule has 1 atom stereocenters. The first-order valence-electron chi connectivity index (χ1n) is 7.56. The molecule has 0 bridgehead atoms. The van der Waals surface area contributed by atoms with Crippen molar-refractivity contribution in [3.63, 3.8) is 0 Å². The van der Waals surface area contributed by atoms with Crippen LogP contribution in [-0.2, 0) is 16.1 Å². The molecule has 0 fully saturated rings. The molecule has 0 radical (unpaired) electrons. The predicted molar refractivity (Wildman–Crippen MR) is 96.9 cm³/mol. The zero-order valence-electron chi connectivity index (χ0n) is 13.7. The van der Waals surface area contributed by atoms with Crippen LogP contribution in [0.3, 0.4) is 0 Å². The second-order valence-electron chi connectivity index (χ2n) is 5.75. The highest BCUT2D eigenvalue weighted by Gasteiger charge is 2.08. The number of rotatable bonds is 5. The summed E-state index contributed by atoms with van der Waals surface area (Å²) in [6.45, 7) is 0. The number of ether oxygens (including phenoxy) is 1. The largest absolute Gasteiger partial charge is 0.497 e. The number of methoxy groups -OCH3 is 1. The lowest BCUT2D eigenvalue weighted by Crippen LogP contribution is -2.04. The van der Waals surface area contributed by atoms with Gasteiger partial charge in [-0.3, -0.25) is 19.0 Å². The molecule has 0 saturated heterocycles. The fraction of sp³-hybridized carbons (Fsp3) is 0.222. The van der Waals surface area contributed by atoms with Crippen LogP contribution in [0.15, 0.2) is 48.8 Å². The standard InChI is InChI=1S/C18H19N3O2S/c1-23-14-4-5-15-16(7-9-20-18(15)11-14)17-6-3-13(12-21-17)8-10-24(2,19)22/h3-7,9,11-12,19H,8,10H2,1-2H3. The van der Waals surface area contributed by atoms with Crippen LogP contribution in [0.5, 0.6) is 5.75 Å². The van der Waals surface area contributed by atoms with Crippen LogP contribution < -0.4 is 4.74 Å². The number of nitrogens with one attached hydrogen (secondary N) is 1. The fourth-order valence-corrected chi connectivity index (χ4v) is 3.15. The number of hydrogen-bond acceptors (Lipinski definition) is 5. The molecule has 24 heavy (non-hydrogen) atoms. The van der Waals surface area contributed by atoms with Gasteiger partial charge in [-0.05, 0) is 36.2 Å². The molecule has 1 N–H and O–H groups in total. The van der Waals surface area contributed by atoms with E-state index in [1.54, 1.807) is 19.5 Å². The van der Waals surface area contributed by atoms with Gasteiger partial charge >= 0.3 is 0 Å². The molecule has 124 valence electrons. The van der Waals surface area contributed by atoms with Crippen molar-refractivity contribution in [3.8, 4) is 17.0 Å². The maximum atomic E-state index is 11.5. The topological polar surface area (TPSA) is 75.9 Å². The Morgan fingerprint density at radius 1 is 1.17 bits per heavy atom. The minimum atomic E-state index is -2.47. The van der Waals surface area contributed by atoms with E-state index >= 15 is 0 Å². The molecule has 5 nitrogen and oxygen atoms in total. The van der Waals surface area contributed by atoms with E-state index in [1.165, 1.54) is 6.26 Å². The second-order valence-corrected chi connectivity index (χ2v) is 8.17. The van der Waals surface area contributed by atoms with Gasteiger partial charge in [0.25, 0.3) is 0 Å². The number of pyridine rings is 2. The summed E-state index contributed by atoms with van der Waals surface area (Å²) in [6, 6.07) is 11.7. The summed E-state index contributed by atoms with van der Waals surface area (Å²) in [5.74, 6) is 1.13. The molecule has 3 aromatic rings. The van der Waals surface area contributed by atoms with Crippen molar-refractivity contribution in [3.05, 3.63) is 54.4 Å². The number of nitrogens with zero attached hydrogens (tertiary/aromatic N) is 2. The molecule has 1 aromatic carbocycles. The van der Waals surface area contributed by atoms with Crippen molar-refractivity contribution in [1.29, 1.82) is 4.78 Å². The average Bonchev–Trinajstić information content (AvgIpc) is 2.59. The first kappa shape index (κ1) is 16.4. The third-order valence-electron chi connectivity index (χ3n) is 3.83. The van der Waals surface area contributed by atoms with Crippen LogP contribution in [0.2, 0.25) is 0 Å². The fourth-order valence-electron chi connectivity index (χ4n) is 2.52. The molecule has 0 aliphatic heterocycles. The predicted octanol–water partition coefficient (Wildman–Crippen LogP) is 3.52. The molecule has 2 aromatic heterocycles.